The molecule has 0 spiro atoms. The molecule has 1 aromatic heterocycles. The molecule has 0 bridgehead atoms. The molecule has 140 valence electrons. The van der Waals surface area contributed by atoms with E-state index in [0.29, 0.717) is 12.1 Å². The first-order chi connectivity index (χ1) is 12.9. The number of ketones is 3. The fraction of sp³-hybridized carbons (Fsp3) is 0.300. The van der Waals surface area contributed by atoms with Crippen molar-refractivity contribution < 1.29 is 28.3 Å². The minimum Gasteiger partial charge on any atom is -0.464 e. The molecule has 1 aromatic carbocycles. The van der Waals surface area contributed by atoms with E-state index < -0.39 is 17.5 Å². The van der Waals surface area contributed by atoms with Crippen LogP contribution in [-0.2, 0) is 9.53 Å². The summed E-state index contributed by atoms with van der Waals surface area (Å²) in [6.07, 6.45) is -0.220. The highest BCUT2D eigenvalue weighted by atomic mass is 16.5. The number of likely N-dealkylation sites (N-methyl/N-ethyl adjacent to an activating group) is 1. The summed E-state index contributed by atoms with van der Waals surface area (Å²) >= 11 is 0. The fourth-order valence-corrected chi connectivity index (χ4v) is 2.77. The first-order valence-electron chi connectivity index (χ1n) is 8.54. The Morgan fingerprint density at radius 1 is 1.00 bits per heavy atom. The summed E-state index contributed by atoms with van der Waals surface area (Å²) in [5, 5.41) is 0. The van der Waals surface area contributed by atoms with Crippen molar-refractivity contribution in [1.29, 1.82) is 0 Å². The van der Waals surface area contributed by atoms with Crippen LogP contribution < -0.4 is 0 Å². The van der Waals surface area contributed by atoms with Crippen molar-refractivity contribution in [2.75, 3.05) is 27.2 Å². The number of furan rings is 1. The second kappa shape index (κ2) is 7.67. The van der Waals surface area contributed by atoms with Crippen LogP contribution >= 0.6 is 0 Å². The Morgan fingerprint density at radius 2 is 1.67 bits per heavy atom. The molecule has 0 amide bonds. The molecule has 1 aliphatic carbocycles. The first-order valence-corrected chi connectivity index (χ1v) is 8.54. The molecule has 0 unspecified atom stereocenters. The van der Waals surface area contributed by atoms with Crippen LogP contribution in [-0.4, -0.2) is 55.5 Å². The van der Waals surface area contributed by atoms with E-state index in [9.17, 15) is 19.2 Å². The van der Waals surface area contributed by atoms with Crippen molar-refractivity contribution in [3.05, 3.63) is 58.5 Å². The molecule has 7 nitrogen and oxygen atoms in total. The number of rotatable bonds is 7. The van der Waals surface area contributed by atoms with Gasteiger partial charge in [-0.3, -0.25) is 19.2 Å². The summed E-state index contributed by atoms with van der Waals surface area (Å²) in [6.45, 7) is 0.839. The van der Waals surface area contributed by atoms with Crippen LogP contribution in [0.15, 0.2) is 34.7 Å². The molecule has 7 heteroatoms. The van der Waals surface area contributed by atoms with E-state index in [0.717, 1.165) is 0 Å². The maximum Gasteiger partial charge on any atom is 0.306 e. The number of fused-ring (bicyclic) bond motifs is 2. The number of carbonyl (C=O) groups is 4. The smallest absolute Gasteiger partial charge is 0.306 e. The van der Waals surface area contributed by atoms with Gasteiger partial charge in [-0.05, 0) is 20.2 Å². The van der Waals surface area contributed by atoms with E-state index in [4.69, 9.17) is 9.15 Å². The second-order valence-electron chi connectivity index (χ2n) is 6.50. The van der Waals surface area contributed by atoms with Gasteiger partial charge in [0.2, 0.25) is 5.78 Å². The van der Waals surface area contributed by atoms with Crippen LogP contribution in [0.2, 0.25) is 0 Å². The first kappa shape index (κ1) is 18.7. The van der Waals surface area contributed by atoms with Gasteiger partial charge in [0.1, 0.15) is 6.61 Å². The van der Waals surface area contributed by atoms with E-state index in [-0.39, 0.29) is 47.9 Å². The number of hydrogen-bond donors (Lipinski definition) is 0. The molecule has 0 saturated heterocycles. The van der Waals surface area contributed by atoms with Crippen LogP contribution in [0.4, 0.5) is 0 Å². The van der Waals surface area contributed by atoms with Gasteiger partial charge in [-0.15, -0.1) is 0 Å². The van der Waals surface area contributed by atoms with Crippen LogP contribution in [0.5, 0.6) is 0 Å². The van der Waals surface area contributed by atoms with Gasteiger partial charge in [-0.1, -0.05) is 24.3 Å². The number of nitrogens with zero attached hydrogens (tertiary/aromatic N) is 1. The normalized spacial score (nSPS) is 12.7. The molecule has 3 rings (SSSR count). The van der Waals surface area contributed by atoms with Gasteiger partial charge in [0.25, 0.3) is 0 Å². The average molecular weight is 369 g/mol. The summed E-state index contributed by atoms with van der Waals surface area (Å²) in [5.41, 5.74) is 0.627. The van der Waals surface area contributed by atoms with Crippen molar-refractivity contribution in [1.82, 2.24) is 4.90 Å². The zero-order chi connectivity index (χ0) is 19.6. The molecule has 0 aliphatic heterocycles. The number of benzene rings is 1. The third kappa shape index (κ3) is 3.88. The molecule has 0 fully saturated rings. The summed E-state index contributed by atoms with van der Waals surface area (Å²) in [4.78, 5) is 50.9. The Hall–Kier alpha value is -3.06. The molecule has 2 aromatic rings. The summed E-state index contributed by atoms with van der Waals surface area (Å²) in [7, 11) is 3.72. The maximum atomic E-state index is 12.5. The van der Waals surface area contributed by atoms with Crippen molar-refractivity contribution in [3.63, 3.8) is 0 Å². The fourth-order valence-electron chi connectivity index (χ4n) is 2.77. The monoisotopic (exact) mass is 369 g/mol. The average Bonchev–Trinajstić information content (AvgIpc) is 3.10. The second-order valence-corrected chi connectivity index (χ2v) is 6.50. The number of carbonyl (C=O) groups excluding carboxylic acids is 4. The zero-order valence-electron chi connectivity index (χ0n) is 15.1. The Kier molecular flexibility index (Phi) is 5.32. The Balaban J connectivity index is 1.67. The van der Waals surface area contributed by atoms with Gasteiger partial charge in [0.15, 0.2) is 23.1 Å². The molecule has 0 N–H and O–H groups in total. The van der Waals surface area contributed by atoms with E-state index in [1.165, 1.54) is 6.07 Å². The van der Waals surface area contributed by atoms with E-state index in [1.54, 1.807) is 24.3 Å². The Morgan fingerprint density at radius 3 is 2.33 bits per heavy atom. The molecule has 0 atom stereocenters. The number of hydrogen-bond acceptors (Lipinski definition) is 7. The van der Waals surface area contributed by atoms with Gasteiger partial charge in [-0.25, -0.2) is 0 Å². The van der Waals surface area contributed by atoms with Crippen LogP contribution in [0, 0.1) is 0 Å². The van der Waals surface area contributed by atoms with Gasteiger partial charge in [-0.2, -0.15) is 0 Å². The minimum atomic E-state index is -0.485. The Labute approximate surface area is 155 Å². The number of Topliss-reactive ketones (excluding diaryl/α,β-unsaturated/α-hetero) is 1. The molecular weight excluding hydrogens is 350 g/mol. The topological polar surface area (TPSA) is 93.9 Å². The van der Waals surface area contributed by atoms with Gasteiger partial charge >= 0.3 is 5.97 Å². The quantitative estimate of drug-likeness (QED) is 0.465. The summed E-state index contributed by atoms with van der Waals surface area (Å²) < 4.78 is 10.4. The molecule has 1 aliphatic rings. The highest BCUT2D eigenvalue weighted by molar-refractivity contribution is 6.27. The Bertz CT molecular complexity index is 872. The standard InChI is InChI=1S/C20H19NO6/c1-21(2)9-10-26-17(23)8-7-15(22)16-11-14-18(24)12-5-3-4-6-13(12)19(25)20(14)27-16/h3-6,11H,7-10H2,1-2H3. The number of esters is 1. The third-order valence-electron chi connectivity index (χ3n) is 4.23. The molecular formula is C20H19NO6. The van der Waals surface area contributed by atoms with Crippen molar-refractivity contribution in [3.8, 4) is 0 Å². The largest absolute Gasteiger partial charge is 0.464 e. The van der Waals surface area contributed by atoms with Crippen LogP contribution in [0.1, 0.15) is 55.4 Å². The lowest BCUT2D eigenvalue weighted by atomic mass is 9.88. The van der Waals surface area contributed by atoms with Gasteiger partial charge < -0.3 is 14.1 Å². The van der Waals surface area contributed by atoms with Crippen molar-refractivity contribution in [2.24, 2.45) is 0 Å². The molecule has 0 saturated carbocycles. The van der Waals surface area contributed by atoms with E-state index >= 15 is 0 Å². The minimum absolute atomic E-state index is 0.0793. The highest BCUT2D eigenvalue weighted by Gasteiger charge is 2.34. The maximum absolute atomic E-state index is 12.5. The summed E-state index contributed by atoms with van der Waals surface area (Å²) in [5.74, 6) is -1.96. The lowest BCUT2D eigenvalue weighted by molar-refractivity contribution is -0.143. The van der Waals surface area contributed by atoms with Gasteiger partial charge in [0.05, 0.1) is 12.0 Å². The molecule has 1 heterocycles. The number of ether oxygens (including phenoxy) is 1. The lowest BCUT2D eigenvalue weighted by Gasteiger charge is -2.11. The predicted octanol–water partition coefficient (Wildman–Crippen LogP) is 2.12. The van der Waals surface area contributed by atoms with Crippen molar-refractivity contribution in [2.45, 2.75) is 12.8 Å². The third-order valence-corrected chi connectivity index (χ3v) is 4.23. The van der Waals surface area contributed by atoms with Crippen LogP contribution in [0.3, 0.4) is 0 Å². The van der Waals surface area contributed by atoms with E-state index in [1.807, 2.05) is 19.0 Å². The van der Waals surface area contributed by atoms with Crippen molar-refractivity contribution >= 4 is 23.3 Å². The molecule has 0 radical (unpaired) electrons. The zero-order valence-corrected chi connectivity index (χ0v) is 15.1. The highest BCUT2D eigenvalue weighted by Crippen LogP contribution is 2.30. The molecule has 27 heavy (non-hydrogen) atoms. The SMILES string of the molecule is CN(C)CCOC(=O)CCC(=O)c1cc2c(o1)C(=O)c1ccccc1C2=O. The summed E-state index contributed by atoms with van der Waals surface area (Å²) in [6, 6.07) is 7.73. The van der Waals surface area contributed by atoms with E-state index in [2.05, 4.69) is 0 Å². The van der Waals surface area contributed by atoms with Gasteiger partial charge in [0, 0.05) is 24.1 Å². The lowest BCUT2D eigenvalue weighted by Crippen LogP contribution is -2.20. The van der Waals surface area contributed by atoms with Crippen LogP contribution in [0.25, 0.3) is 0 Å². The predicted molar refractivity (Wildman–Crippen MR) is 95.1 cm³/mol.